The summed E-state index contributed by atoms with van der Waals surface area (Å²) in [4.78, 5) is 13.0. The summed E-state index contributed by atoms with van der Waals surface area (Å²) < 4.78 is 0. The zero-order valence-electron chi connectivity index (χ0n) is 14.1. The van der Waals surface area contributed by atoms with Crippen LogP contribution >= 0.6 is 11.3 Å². The van der Waals surface area contributed by atoms with Gasteiger partial charge in [-0.25, -0.2) is 9.98 Å². The summed E-state index contributed by atoms with van der Waals surface area (Å²) in [6.07, 6.45) is 5.61. The Kier molecular flexibility index (Phi) is 7.12. The Morgan fingerprint density at radius 3 is 2.95 bits per heavy atom. The van der Waals surface area contributed by atoms with E-state index < -0.39 is 0 Å². The first-order valence-electron chi connectivity index (χ1n) is 8.46. The predicted octanol–water partition coefficient (Wildman–Crippen LogP) is 2.24. The van der Waals surface area contributed by atoms with Crippen molar-refractivity contribution in [2.24, 2.45) is 4.99 Å². The number of rotatable bonds is 7. The average molecular weight is 324 g/mol. The van der Waals surface area contributed by atoms with Gasteiger partial charge in [0.1, 0.15) is 5.01 Å². The minimum absolute atomic E-state index is 0.639. The maximum atomic E-state index is 4.67. The number of aromatic nitrogens is 1. The second kappa shape index (κ2) is 9.10. The van der Waals surface area contributed by atoms with Gasteiger partial charge in [0.15, 0.2) is 5.96 Å². The zero-order chi connectivity index (χ0) is 15.8. The summed E-state index contributed by atoms with van der Waals surface area (Å²) in [6, 6.07) is 0.639. The summed E-state index contributed by atoms with van der Waals surface area (Å²) >= 11 is 1.76. The lowest BCUT2D eigenvalue weighted by Gasteiger charge is -2.23. The van der Waals surface area contributed by atoms with E-state index in [0.717, 1.165) is 37.0 Å². The van der Waals surface area contributed by atoms with E-state index in [9.17, 15) is 0 Å². The molecule has 1 aliphatic rings. The Morgan fingerprint density at radius 1 is 1.41 bits per heavy atom. The summed E-state index contributed by atoms with van der Waals surface area (Å²) in [7, 11) is 0. The van der Waals surface area contributed by atoms with Gasteiger partial charge in [0.05, 0.1) is 6.54 Å². The van der Waals surface area contributed by atoms with Crippen LogP contribution in [0.15, 0.2) is 11.2 Å². The summed E-state index contributed by atoms with van der Waals surface area (Å²) in [6.45, 7) is 11.4. The van der Waals surface area contributed by atoms with E-state index in [1.54, 1.807) is 11.3 Å². The molecule has 2 heterocycles. The Morgan fingerprint density at radius 2 is 2.27 bits per heavy atom. The van der Waals surface area contributed by atoms with Crippen molar-refractivity contribution in [2.75, 3.05) is 26.2 Å². The van der Waals surface area contributed by atoms with Crippen LogP contribution in [0.2, 0.25) is 0 Å². The molecule has 2 N–H and O–H groups in total. The van der Waals surface area contributed by atoms with E-state index in [2.05, 4.69) is 46.3 Å². The number of hydrogen-bond acceptors (Lipinski definition) is 4. The van der Waals surface area contributed by atoms with Crippen LogP contribution < -0.4 is 10.6 Å². The highest BCUT2D eigenvalue weighted by Gasteiger charge is 2.22. The second-order valence-corrected chi connectivity index (χ2v) is 6.77. The molecule has 0 saturated carbocycles. The van der Waals surface area contributed by atoms with Crippen LogP contribution in [0.5, 0.6) is 0 Å². The van der Waals surface area contributed by atoms with Crippen LogP contribution in [0.3, 0.4) is 0 Å². The number of aryl methyl sites for hydroxylation is 1. The van der Waals surface area contributed by atoms with Gasteiger partial charge in [-0.3, -0.25) is 4.90 Å². The molecule has 0 radical (unpaired) electrons. The molecular weight excluding hydrogens is 294 g/mol. The Bertz CT molecular complexity index is 471. The fourth-order valence-electron chi connectivity index (χ4n) is 2.83. The van der Waals surface area contributed by atoms with Crippen molar-refractivity contribution in [1.29, 1.82) is 0 Å². The number of thiazole rings is 1. The molecular formula is C16H29N5S. The SMILES string of the molecule is CCNC(=NCc1ncc(CC)s1)NCC1CCCN1CC. The third-order valence-corrected chi connectivity index (χ3v) is 5.20. The lowest BCUT2D eigenvalue weighted by atomic mass is 10.2. The van der Waals surface area contributed by atoms with Gasteiger partial charge in [-0.15, -0.1) is 11.3 Å². The van der Waals surface area contributed by atoms with Crippen molar-refractivity contribution in [3.05, 3.63) is 16.1 Å². The highest BCUT2D eigenvalue weighted by atomic mass is 32.1. The van der Waals surface area contributed by atoms with Crippen LogP contribution in [-0.4, -0.2) is 48.1 Å². The molecule has 1 saturated heterocycles. The largest absolute Gasteiger partial charge is 0.357 e. The topological polar surface area (TPSA) is 52.6 Å². The maximum absolute atomic E-state index is 4.67. The van der Waals surface area contributed by atoms with Crippen molar-refractivity contribution in [1.82, 2.24) is 20.5 Å². The molecule has 1 aromatic rings. The molecule has 1 atom stereocenters. The molecule has 5 nitrogen and oxygen atoms in total. The normalized spacial score (nSPS) is 19.6. The average Bonchev–Trinajstić information content (AvgIpc) is 3.18. The second-order valence-electron chi connectivity index (χ2n) is 5.57. The molecule has 1 aliphatic heterocycles. The van der Waals surface area contributed by atoms with Crippen LogP contribution in [0, 0.1) is 0 Å². The van der Waals surface area contributed by atoms with Crippen molar-refractivity contribution in [3.8, 4) is 0 Å². The smallest absolute Gasteiger partial charge is 0.191 e. The van der Waals surface area contributed by atoms with E-state index in [0.29, 0.717) is 12.6 Å². The van der Waals surface area contributed by atoms with E-state index in [1.807, 2.05) is 6.20 Å². The first-order chi connectivity index (χ1) is 10.8. The molecule has 0 aromatic carbocycles. The van der Waals surface area contributed by atoms with E-state index in [1.165, 1.54) is 24.3 Å². The van der Waals surface area contributed by atoms with Gasteiger partial charge in [0.25, 0.3) is 0 Å². The van der Waals surface area contributed by atoms with Gasteiger partial charge >= 0.3 is 0 Å². The van der Waals surface area contributed by atoms with Gasteiger partial charge in [-0.05, 0) is 39.3 Å². The Hall–Kier alpha value is -1.14. The van der Waals surface area contributed by atoms with Gasteiger partial charge in [0.2, 0.25) is 0 Å². The van der Waals surface area contributed by atoms with Gasteiger partial charge < -0.3 is 10.6 Å². The fraction of sp³-hybridized carbons (Fsp3) is 0.750. The van der Waals surface area contributed by atoms with E-state index in [4.69, 9.17) is 0 Å². The molecule has 0 spiro atoms. The first-order valence-corrected chi connectivity index (χ1v) is 9.28. The van der Waals surface area contributed by atoms with Crippen LogP contribution in [-0.2, 0) is 13.0 Å². The van der Waals surface area contributed by atoms with Gasteiger partial charge in [0, 0.05) is 30.2 Å². The fourth-order valence-corrected chi connectivity index (χ4v) is 3.62. The molecule has 1 unspecified atom stereocenters. The van der Waals surface area contributed by atoms with Crippen LogP contribution in [0.25, 0.3) is 0 Å². The van der Waals surface area contributed by atoms with Gasteiger partial charge in [-0.2, -0.15) is 0 Å². The lowest BCUT2D eigenvalue weighted by Crippen LogP contribution is -2.44. The number of nitrogens with zero attached hydrogens (tertiary/aromatic N) is 3. The minimum Gasteiger partial charge on any atom is -0.357 e. The Labute approximate surface area is 138 Å². The zero-order valence-corrected chi connectivity index (χ0v) is 14.9. The van der Waals surface area contributed by atoms with Crippen LogP contribution in [0.1, 0.15) is 43.5 Å². The maximum Gasteiger partial charge on any atom is 0.191 e. The molecule has 0 aliphatic carbocycles. The number of likely N-dealkylation sites (tertiary alicyclic amines) is 1. The van der Waals surface area contributed by atoms with E-state index >= 15 is 0 Å². The third kappa shape index (κ3) is 4.95. The molecule has 1 fully saturated rings. The molecule has 6 heteroatoms. The van der Waals surface area contributed by atoms with Gasteiger partial charge in [-0.1, -0.05) is 13.8 Å². The molecule has 0 amide bonds. The third-order valence-electron chi connectivity index (χ3n) is 4.08. The summed E-state index contributed by atoms with van der Waals surface area (Å²) in [5.41, 5.74) is 0. The first kappa shape index (κ1) is 17.2. The standard InChI is InChI=1S/C16H29N5S/c1-4-14-11-18-15(22-14)12-20-16(17-5-2)19-10-13-8-7-9-21(13)6-3/h11,13H,4-10,12H2,1-3H3,(H2,17,19,20). The molecule has 0 bridgehead atoms. The Balaban J connectivity index is 1.86. The lowest BCUT2D eigenvalue weighted by molar-refractivity contribution is 0.267. The number of hydrogen-bond donors (Lipinski definition) is 2. The molecule has 2 rings (SSSR count). The van der Waals surface area contributed by atoms with Crippen molar-refractivity contribution >= 4 is 17.3 Å². The number of aliphatic imine (C=N–C) groups is 1. The number of likely N-dealkylation sites (N-methyl/N-ethyl adjacent to an activating group) is 1. The molecule has 1 aromatic heterocycles. The quantitative estimate of drug-likeness (QED) is 0.597. The predicted molar refractivity (Wildman–Crippen MR) is 94.6 cm³/mol. The van der Waals surface area contributed by atoms with E-state index in [-0.39, 0.29) is 0 Å². The highest BCUT2D eigenvalue weighted by molar-refractivity contribution is 7.11. The highest BCUT2D eigenvalue weighted by Crippen LogP contribution is 2.16. The van der Waals surface area contributed by atoms with Crippen molar-refractivity contribution in [2.45, 2.75) is 52.6 Å². The monoisotopic (exact) mass is 323 g/mol. The molecule has 22 heavy (non-hydrogen) atoms. The minimum atomic E-state index is 0.639. The number of guanidine groups is 1. The van der Waals surface area contributed by atoms with Crippen LogP contribution in [0.4, 0.5) is 0 Å². The molecule has 124 valence electrons. The number of nitrogens with one attached hydrogen (secondary N) is 2. The summed E-state index contributed by atoms with van der Waals surface area (Å²) in [5.74, 6) is 0.902. The van der Waals surface area contributed by atoms with Crippen molar-refractivity contribution < 1.29 is 0 Å². The van der Waals surface area contributed by atoms with Crippen molar-refractivity contribution in [3.63, 3.8) is 0 Å². The summed E-state index contributed by atoms with van der Waals surface area (Å²) in [5, 5.41) is 7.91.